The Balaban J connectivity index is 1.98. The van der Waals surface area contributed by atoms with E-state index < -0.39 is 5.97 Å². The first kappa shape index (κ1) is 9.33. The van der Waals surface area contributed by atoms with Gasteiger partial charge in [0.2, 0.25) is 0 Å². The molecular weight excluding hydrogens is 206 g/mol. The molecule has 82 valence electrons. The summed E-state index contributed by atoms with van der Waals surface area (Å²) in [6, 6.07) is 3.86. The second kappa shape index (κ2) is 3.04. The van der Waals surface area contributed by atoms with E-state index in [1.807, 2.05) is 25.3 Å². The highest BCUT2D eigenvalue weighted by molar-refractivity contribution is 5.74. The highest BCUT2D eigenvalue weighted by atomic mass is 16.4. The first-order chi connectivity index (χ1) is 7.65. The second-order valence-electron chi connectivity index (χ2n) is 4.27. The summed E-state index contributed by atoms with van der Waals surface area (Å²) in [5.74, 6) is -0.394. The summed E-state index contributed by atoms with van der Waals surface area (Å²) in [6.07, 6.45) is 2.55. The van der Waals surface area contributed by atoms with E-state index in [2.05, 4.69) is 10.1 Å². The van der Waals surface area contributed by atoms with E-state index in [4.69, 9.17) is 5.11 Å². The molecule has 5 heteroatoms. The van der Waals surface area contributed by atoms with E-state index in [-0.39, 0.29) is 11.8 Å². The van der Waals surface area contributed by atoms with Crippen molar-refractivity contribution in [1.29, 1.82) is 0 Å². The van der Waals surface area contributed by atoms with Gasteiger partial charge in [-0.15, -0.1) is 0 Å². The zero-order chi connectivity index (χ0) is 11.3. The third-order valence-corrected chi connectivity index (χ3v) is 2.93. The van der Waals surface area contributed by atoms with Crippen molar-refractivity contribution in [2.45, 2.75) is 19.3 Å². The second-order valence-corrected chi connectivity index (χ2v) is 4.27. The standard InChI is InChI=1S/C11H11N3O2/c1-6-2-3-9-12-10(13-14(9)5-6)7-4-8(7)11(15)16/h2-3,5,7-8H,4H2,1H3,(H,15,16). The van der Waals surface area contributed by atoms with Crippen LogP contribution in [0.25, 0.3) is 5.65 Å². The Hall–Kier alpha value is -1.91. The molecule has 0 amide bonds. The molecule has 1 fully saturated rings. The molecule has 1 N–H and O–H groups in total. The fourth-order valence-electron chi connectivity index (χ4n) is 1.91. The number of aliphatic carboxylic acids is 1. The van der Waals surface area contributed by atoms with Gasteiger partial charge in [-0.25, -0.2) is 9.50 Å². The smallest absolute Gasteiger partial charge is 0.307 e. The van der Waals surface area contributed by atoms with Gasteiger partial charge in [0.1, 0.15) is 0 Å². The topological polar surface area (TPSA) is 67.5 Å². The fourth-order valence-corrected chi connectivity index (χ4v) is 1.91. The lowest BCUT2D eigenvalue weighted by atomic mass is 10.3. The van der Waals surface area contributed by atoms with Crippen molar-refractivity contribution in [2.75, 3.05) is 0 Å². The predicted octanol–water partition coefficient (Wildman–Crippen LogP) is 1.23. The van der Waals surface area contributed by atoms with Crippen LogP contribution in [0.4, 0.5) is 0 Å². The summed E-state index contributed by atoms with van der Waals surface area (Å²) in [5.41, 5.74) is 1.88. The van der Waals surface area contributed by atoms with Gasteiger partial charge in [-0.05, 0) is 25.0 Å². The molecule has 5 nitrogen and oxygen atoms in total. The van der Waals surface area contributed by atoms with Crippen LogP contribution >= 0.6 is 0 Å². The molecule has 2 heterocycles. The van der Waals surface area contributed by atoms with Gasteiger partial charge in [-0.2, -0.15) is 5.10 Å². The maximum atomic E-state index is 10.8. The third kappa shape index (κ3) is 1.36. The number of fused-ring (bicyclic) bond motifs is 1. The van der Waals surface area contributed by atoms with Crippen LogP contribution in [0.15, 0.2) is 18.3 Å². The zero-order valence-corrected chi connectivity index (χ0v) is 8.79. The number of nitrogens with zero attached hydrogens (tertiary/aromatic N) is 3. The molecule has 3 rings (SSSR count). The first-order valence-corrected chi connectivity index (χ1v) is 5.21. The number of carboxylic acids is 1. The SMILES string of the molecule is Cc1ccc2nc(C3CC3C(=O)O)nn2c1. The monoisotopic (exact) mass is 217 g/mol. The van der Waals surface area contributed by atoms with Gasteiger partial charge in [-0.3, -0.25) is 4.79 Å². The molecule has 0 saturated heterocycles. The fraction of sp³-hybridized carbons (Fsp3) is 0.364. The maximum absolute atomic E-state index is 10.8. The molecule has 2 aromatic rings. The average molecular weight is 217 g/mol. The predicted molar refractivity (Wildman–Crippen MR) is 56.2 cm³/mol. The number of aromatic nitrogens is 3. The lowest BCUT2D eigenvalue weighted by Crippen LogP contribution is -1.99. The van der Waals surface area contributed by atoms with Crippen molar-refractivity contribution in [3.8, 4) is 0 Å². The van der Waals surface area contributed by atoms with Crippen LogP contribution in [0.3, 0.4) is 0 Å². The lowest BCUT2D eigenvalue weighted by molar-refractivity contribution is -0.138. The molecule has 0 radical (unpaired) electrons. The average Bonchev–Trinajstić information content (AvgIpc) is 2.93. The van der Waals surface area contributed by atoms with Gasteiger partial charge < -0.3 is 5.11 Å². The molecule has 1 aliphatic rings. The van der Waals surface area contributed by atoms with Crippen LogP contribution in [0.1, 0.15) is 23.7 Å². The van der Waals surface area contributed by atoms with Crippen molar-refractivity contribution >= 4 is 11.6 Å². The Morgan fingerprint density at radius 1 is 1.56 bits per heavy atom. The van der Waals surface area contributed by atoms with Crippen molar-refractivity contribution in [2.24, 2.45) is 5.92 Å². The van der Waals surface area contributed by atoms with Crippen LogP contribution in [-0.4, -0.2) is 25.7 Å². The summed E-state index contributed by atoms with van der Waals surface area (Å²) in [4.78, 5) is 15.1. The van der Waals surface area contributed by atoms with Gasteiger partial charge >= 0.3 is 5.97 Å². The van der Waals surface area contributed by atoms with E-state index in [9.17, 15) is 4.79 Å². The minimum absolute atomic E-state index is 0.00212. The molecule has 2 aromatic heterocycles. The Kier molecular flexibility index (Phi) is 1.77. The number of pyridine rings is 1. The summed E-state index contributed by atoms with van der Waals surface area (Å²) in [6.45, 7) is 1.98. The molecule has 0 aromatic carbocycles. The molecule has 1 saturated carbocycles. The lowest BCUT2D eigenvalue weighted by Gasteiger charge is -1.91. The van der Waals surface area contributed by atoms with Crippen molar-refractivity contribution in [1.82, 2.24) is 14.6 Å². The normalized spacial score (nSPS) is 23.6. The Bertz CT molecular complexity index is 576. The van der Waals surface area contributed by atoms with Gasteiger partial charge in [0, 0.05) is 12.1 Å². The Morgan fingerprint density at radius 3 is 3.06 bits per heavy atom. The van der Waals surface area contributed by atoms with Crippen molar-refractivity contribution in [3.05, 3.63) is 29.7 Å². The number of rotatable bonds is 2. The molecule has 2 unspecified atom stereocenters. The number of carboxylic acid groups (broad SMARTS) is 1. The van der Waals surface area contributed by atoms with Crippen molar-refractivity contribution < 1.29 is 9.90 Å². The Labute approximate surface area is 91.7 Å². The van der Waals surface area contributed by atoms with E-state index in [1.54, 1.807) is 4.52 Å². The summed E-state index contributed by atoms with van der Waals surface area (Å²) in [5, 5.41) is 13.2. The number of carbonyl (C=O) groups is 1. The summed E-state index contributed by atoms with van der Waals surface area (Å²) in [7, 11) is 0. The zero-order valence-electron chi connectivity index (χ0n) is 8.79. The maximum Gasteiger partial charge on any atom is 0.307 e. The van der Waals surface area contributed by atoms with Gasteiger partial charge in [0.25, 0.3) is 0 Å². The summed E-state index contributed by atoms with van der Waals surface area (Å²) < 4.78 is 1.71. The molecule has 16 heavy (non-hydrogen) atoms. The number of hydrogen-bond acceptors (Lipinski definition) is 3. The van der Waals surface area contributed by atoms with E-state index >= 15 is 0 Å². The van der Waals surface area contributed by atoms with Crippen LogP contribution in [0.5, 0.6) is 0 Å². The highest BCUT2D eigenvalue weighted by Crippen LogP contribution is 2.46. The molecular formula is C11H11N3O2. The number of hydrogen-bond donors (Lipinski definition) is 1. The van der Waals surface area contributed by atoms with E-state index in [0.717, 1.165) is 11.2 Å². The largest absolute Gasteiger partial charge is 0.481 e. The Morgan fingerprint density at radius 2 is 2.38 bits per heavy atom. The quantitative estimate of drug-likeness (QED) is 0.821. The van der Waals surface area contributed by atoms with Crippen LogP contribution in [0, 0.1) is 12.8 Å². The molecule has 2 atom stereocenters. The van der Waals surface area contributed by atoms with Crippen molar-refractivity contribution in [3.63, 3.8) is 0 Å². The van der Waals surface area contributed by atoms with Gasteiger partial charge in [-0.1, -0.05) is 6.07 Å². The first-order valence-electron chi connectivity index (χ1n) is 5.21. The third-order valence-electron chi connectivity index (χ3n) is 2.93. The highest BCUT2D eigenvalue weighted by Gasteiger charge is 2.46. The van der Waals surface area contributed by atoms with Crippen LogP contribution < -0.4 is 0 Å². The van der Waals surface area contributed by atoms with E-state index in [1.165, 1.54) is 0 Å². The van der Waals surface area contributed by atoms with Gasteiger partial charge in [0.05, 0.1) is 5.92 Å². The van der Waals surface area contributed by atoms with Gasteiger partial charge in [0.15, 0.2) is 11.5 Å². The molecule has 1 aliphatic carbocycles. The molecule has 0 bridgehead atoms. The molecule has 0 aliphatic heterocycles. The minimum atomic E-state index is -0.750. The van der Waals surface area contributed by atoms with E-state index in [0.29, 0.717) is 12.2 Å². The molecule has 0 spiro atoms. The summed E-state index contributed by atoms with van der Waals surface area (Å²) >= 11 is 0. The van der Waals surface area contributed by atoms with Crippen LogP contribution in [0.2, 0.25) is 0 Å². The van der Waals surface area contributed by atoms with Crippen LogP contribution in [-0.2, 0) is 4.79 Å². The number of aryl methyl sites for hydroxylation is 1. The minimum Gasteiger partial charge on any atom is -0.481 e.